The van der Waals surface area contributed by atoms with Crippen LogP contribution in [-0.2, 0) is 6.54 Å². The first-order chi connectivity index (χ1) is 8.76. The molecule has 0 amide bonds. The number of aromatic nitrogens is 1. The van der Waals surface area contributed by atoms with Crippen LogP contribution in [0.25, 0.3) is 0 Å². The van der Waals surface area contributed by atoms with Crippen LogP contribution < -0.4 is 0 Å². The average molecular weight is 265 g/mol. The van der Waals surface area contributed by atoms with Gasteiger partial charge in [0.15, 0.2) is 0 Å². The van der Waals surface area contributed by atoms with Crippen molar-refractivity contribution in [2.45, 2.75) is 45.1 Å². The van der Waals surface area contributed by atoms with Crippen molar-refractivity contribution in [1.29, 1.82) is 0 Å². The molecule has 1 spiro atoms. The fourth-order valence-electron chi connectivity index (χ4n) is 3.58. The fraction of sp³-hybridized carbons (Fsp3) is 0.667. The van der Waals surface area contributed by atoms with E-state index < -0.39 is 0 Å². The Bertz CT molecular complexity index is 403. The Morgan fingerprint density at radius 3 is 2.50 bits per heavy atom. The predicted molar refractivity (Wildman–Crippen MR) is 74.7 cm³/mol. The van der Waals surface area contributed by atoms with Gasteiger partial charge in [0.05, 0.1) is 5.69 Å². The van der Waals surface area contributed by atoms with E-state index in [1.54, 1.807) is 0 Å². The molecule has 2 fully saturated rings. The maximum absolute atomic E-state index is 5.93. The summed E-state index contributed by atoms with van der Waals surface area (Å²) in [5.41, 5.74) is 1.81. The van der Waals surface area contributed by atoms with Crippen LogP contribution >= 0.6 is 11.6 Å². The Labute approximate surface area is 114 Å². The lowest BCUT2D eigenvalue weighted by Gasteiger charge is -2.39. The van der Waals surface area contributed by atoms with Crippen molar-refractivity contribution in [3.63, 3.8) is 0 Å². The number of halogens is 1. The fourth-order valence-corrected chi connectivity index (χ4v) is 3.76. The second-order valence-corrected chi connectivity index (χ2v) is 6.32. The highest BCUT2D eigenvalue weighted by Gasteiger charge is 2.36. The molecule has 1 saturated heterocycles. The molecule has 0 bridgehead atoms. The van der Waals surface area contributed by atoms with Crippen molar-refractivity contribution >= 4 is 11.6 Å². The Morgan fingerprint density at radius 2 is 1.83 bits per heavy atom. The van der Waals surface area contributed by atoms with Gasteiger partial charge in [-0.25, -0.2) is 4.98 Å². The number of hydrogen-bond acceptors (Lipinski definition) is 2. The molecule has 1 aromatic heterocycles. The molecule has 1 aromatic rings. The normalized spacial score (nSPS) is 23.6. The van der Waals surface area contributed by atoms with E-state index in [9.17, 15) is 0 Å². The molecule has 1 aliphatic heterocycles. The summed E-state index contributed by atoms with van der Waals surface area (Å²) in [5, 5.41) is 0.608. The first-order valence-electron chi connectivity index (χ1n) is 7.10. The maximum Gasteiger partial charge on any atom is 0.129 e. The maximum atomic E-state index is 5.93. The molecule has 2 heterocycles. The Hall–Kier alpha value is -0.600. The van der Waals surface area contributed by atoms with Crippen molar-refractivity contribution in [2.24, 2.45) is 5.41 Å². The van der Waals surface area contributed by atoms with Gasteiger partial charge in [-0.2, -0.15) is 0 Å². The summed E-state index contributed by atoms with van der Waals surface area (Å²) in [5.74, 6) is 0. The van der Waals surface area contributed by atoms with Gasteiger partial charge in [-0.05, 0) is 56.3 Å². The zero-order valence-corrected chi connectivity index (χ0v) is 11.6. The third-order valence-electron chi connectivity index (χ3n) is 4.74. The number of likely N-dealkylation sites (tertiary alicyclic amines) is 1. The lowest BCUT2D eigenvalue weighted by Crippen LogP contribution is -2.38. The first kappa shape index (κ1) is 12.4. The standard InChI is InChI=1S/C15H21ClN2/c16-14-5-3-4-13(17-14)12-18-10-8-15(9-11-18)6-1-2-7-15/h3-5H,1-2,6-12H2. The van der Waals surface area contributed by atoms with Gasteiger partial charge >= 0.3 is 0 Å². The van der Waals surface area contributed by atoms with E-state index in [2.05, 4.69) is 16.0 Å². The topological polar surface area (TPSA) is 16.1 Å². The molecule has 3 heteroatoms. The average Bonchev–Trinajstić information content (AvgIpc) is 2.81. The number of nitrogens with zero attached hydrogens (tertiary/aromatic N) is 2. The van der Waals surface area contributed by atoms with Crippen LogP contribution in [0.4, 0.5) is 0 Å². The van der Waals surface area contributed by atoms with E-state index in [4.69, 9.17) is 11.6 Å². The van der Waals surface area contributed by atoms with E-state index in [-0.39, 0.29) is 0 Å². The minimum absolute atomic E-state index is 0.608. The highest BCUT2D eigenvalue weighted by molar-refractivity contribution is 6.29. The smallest absolute Gasteiger partial charge is 0.129 e. The molecule has 3 rings (SSSR count). The molecule has 0 atom stereocenters. The minimum atomic E-state index is 0.608. The van der Waals surface area contributed by atoms with Gasteiger partial charge in [-0.1, -0.05) is 30.5 Å². The third-order valence-corrected chi connectivity index (χ3v) is 4.95. The number of pyridine rings is 1. The highest BCUT2D eigenvalue weighted by Crippen LogP contribution is 2.46. The number of hydrogen-bond donors (Lipinski definition) is 0. The van der Waals surface area contributed by atoms with Crippen molar-refractivity contribution < 1.29 is 0 Å². The van der Waals surface area contributed by atoms with E-state index >= 15 is 0 Å². The molecule has 1 aliphatic carbocycles. The van der Waals surface area contributed by atoms with Crippen molar-refractivity contribution in [3.05, 3.63) is 29.0 Å². The van der Waals surface area contributed by atoms with Crippen LogP contribution in [0.5, 0.6) is 0 Å². The van der Waals surface area contributed by atoms with Crippen LogP contribution in [0, 0.1) is 5.41 Å². The Morgan fingerprint density at radius 1 is 1.11 bits per heavy atom. The lowest BCUT2D eigenvalue weighted by molar-refractivity contribution is 0.103. The predicted octanol–water partition coefficient (Wildman–Crippen LogP) is 3.89. The van der Waals surface area contributed by atoms with Crippen LogP contribution in [0.2, 0.25) is 5.15 Å². The van der Waals surface area contributed by atoms with E-state index in [0.717, 1.165) is 12.2 Å². The van der Waals surface area contributed by atoms with Crippen molar-refractivity contribution in [1.82, 2.24) is 9.88 Å². The van der Waals surface area contributed by atoms with E-state index in [1.807, 2.05) is 12.1 Å². The summed E-state index contributed by atoms with van der Waals surface area (Å²) >= 11 is 5.93. The number of piperidine rings is 1. The van der Waals surface area contributed by atoms with E-state index in [1.165, 1.54) is 51.6 Å². The van der Waals surface area contributed by atoms with Crippen molar-refractivity contribution in [2.75, 3.05) is 13.1 Å². The van der Waals surface area contributed by atoms with Crippen LogP contribution in [0.1, 0.15) is 44.2 Å². The van der Waals surface area contributed by atoms with Crippen LogP contribution in [0.3, 0.4) is 0 Å². The zero-order valence-electron chi connectivity index (χ0n) is 10.9. The van der Waals surface area contributed by atoms with Gasteiger partial charge in [0.25, 0.3) is 0 Å². The van der Waals surface area contributed by atoms with Crippen LogP contribution in [-0.4, -0.2) is 23.0 Å². The molecular weight excluding hydrogens is 244 g/mol. The summed E-state index contributed by atoms with van der Waals surface area (Å²) in [6.45, 7) is 3.42. The largest absolute Gasteiger partial charge is 0.297 e. The molecule has 0 radical (unpaired) electrons. The number of rotatable bonds is 2. The van der Waals surface area contributed by atoms with E-state index in [0.29, 0.717) is 10.6 Å². The second-order valence-electron chi connectivity index (χ2n) is 5.93. The molecule has 2 aliphatic rings. The molecule has 0 N–H and O–H groups in total. The summed E-state index contributed by atoms with van der Waals surface area (Å²) < 4.78 is 0. The zero-order chi connectivity index (χ0) is 12.4. The molecule has 1 saturated carbocycles. The molecule has 0 aromatic carbocycles. The van der Waals surface area contributed by atoms with Crippen LogP contribution in [0.15, 0.2) is 18.2 Å². The molecule has 2 nitrogen and oxygen atoms in total. The van der Waals surface area contributed by atoms with Gasteiger partial charge in [0, 0.05) is 6.54 Å². The van der Waals surface area contributed by atoms with Gasteiger partial charge < -0.3 is 0 Å². The third kappa shape index (κ3) is 2.70. The monoisotopic (exact) mass is 264 g/mol. The summed E-state index contributed by atoms with van der Waals surface area (Å²) in [4.78, 5) is 6.91. The molecule has 0 unspecified atom stereocenters. The van der Waals surface area contributed by atoms with Gasteiger partial charge in [0.1, 0.15) is 5.15 Å². The molecule has 18 heavy (non-hydrogen) atoms. The SMILES string of the molecule is Clc1cccc(CN2CCC3(CCCC3)CC2)n1. The summed E-state index contributed by atoms with van der Waals surface area (Å²) in [7, 11) is 0. The Kier molecular flexibility index (Phi) is 3.58. The quantitative estimate of drug-likeness (QED) is 0.754. The Balaban J connectivity index is 1.57. The highest BCUT2D eigenvalue weighted by atomic mass is 35.5. The summed E-state index contributed by atoms with van der Waals surface area (Å²) in [6, 6.07) is 5.91. The van der Waals surface area contributed by atoms with Gasteiger partial charge in [-0.3, -0.25) is 4.90 Å². The molecule has 98 valence electrons. The van der Waals surface area contributed by atoms with Gasteiger partial charge in [0.2, 0.25) is 0 Å². The first-order valence-corrected chi connectivity index (χ1v) is 7.47. The van der Waals surface area contributed by atoms with Crippen molar-refractivity contribution in [3.8, 4) is 0 Å². The summed E-state index contributed by atoms with van der Waals surface area (Å²) in [6.07, 6.45) is 8.61. The minimum Gasteiger partial charge on any atom is -0.297 e. The molecular formula is C15H21ClN2. The lowest BCUT2D eigenvalue weighted by atomic mass is 9.77. The second kappa shape index (κ2) is 5.18. The van der Waals surface area contributed by atoms with Gasteiger partial charge in [-0.15, -0.1) is 0 Å².